The molecule has 2 heterocycles. The van der Waals surface area contributed by atoms with E-state index >= 15 is 0 Å². The first-order valence-electron chi connectivity index (χ1n) is 11.8. The molecule has 0 amide bonds. The van der Waals surface area contributed by atoms with Crippen molar-refractivity contribution in [1.29, 1.82) is 0 Å². The monoisotopic (exact) mass is 533 g/mol. The van der Waals surface area contributed by atoms with Crippen LogP contribution in [-0.4, -0.2) is 47.1 Å². The summed E-state index contributed by atoms with van der Waals surface area (Å²) in [5.74, 6) is 0.0559. The number of nitrogens with zero attached hydrogens (tertiary/aromatic N) is 1. The van der Waals surface area contributed by atoms with Crippen LogP contribution in [0.2, 0.25) is 0 Å². The number of aromatic nitrogens is 2. The molecule has 4 unspecified atom stereocenters. The van der Waals surface area contributed by atoms with E-state index in [9.17, 15) is 18.8 Å². The van der Waals surface area contributed by atoms with Crippen LogP contribution in [0.5, 0.6) is 5.75 Å². The number of hydrogen-bond acceptors (Lipinski definition) is 8. The first-order chi connectivity index (χ1) is 17.7. The zero-order valence-electron chi connectivity index (χ0n) is 20.7. The van der Waals surface area contributed by atoms with Gasteiger partial charge in [-0.2, -0.15) is 0 Å². The van der Waals surface area contributed by atoms with E-state index in [1.807, 2.05) is 36.4 Å². The highest BCUT2D eigenvalue weighted by Gasteiger charge is 2.38. The fraction of sp³-hybridized carbons (Fsp3) is 0.400. The number of hydrogen-bond donors (Lipinski definition) is 2. The van der Waals surface area contributed by atoms with E-state index < -0.39 is 44.2 Å². The molecule has 37 heavy (non-hydrogen) atoms. The number of esters is 1. The summed E-state index contributed by atoms with van der Waals surface area (Å²) >= 11 is 0. The average molecular weight is 533 g/mol. The third kappa shape index (κ3) is 7.01. The second kappa shape index (κ2) is 12.0. The number of carbonyl (C=O) groups is 1. The van der Waals surface area contributed by atoms with Crippen LogP contribution in [-0.2, 0) is 18.8 Å². The molecule has 12 heteroatoms. The van der Waals surface area contributed by atoms with Gasteiger partial charge in [0.05, 0.1) is 18.8 Å². The number of carbonyl (C=O) groups excluding carboxylic acids is 1. The lowest BCUT2D eigenvalue weighted by molar-refractivity contribution is -0.145. The molecule has 0 bridgehead atoms. The van der Waals surface area contributed by atoms with Crippen molar-refractivity contribution in [2.75, 3.05) is 13.2 Å². The molecular formula is C25H29FN3O7P. The molecule has 198 valence electrons. The van der Waals surface area contributed by atoms with E-state index in [2.05, 4.69) is 10.1 Å². The highest BCUT2D eigenvalue weighted by Crippen LogP contribution is 2.38. The minimum atomic E-state index is -1.83. The van der Waals surface area contributed by atoms with Gasteiger partial charge in [0.2, 0.25) is 0 Å². The van der Waals surface area contributed by atoms with Gasteiger partial charge in [-0.05, 0) is 43.7 Å². The Morgan fingerprint density at radius 3 is 2.76 bits per heavy atom. The fourth-order valence-corrected chi connectivity index (χ4v) is 4.91. The molecule has 0 aliphatic carbocycles. The number of rotatable bonds is 10. The van der Waals surface area contributed by atoms with Crippen LogP contribution in [0.4, 0.5) is 4.39 Å². The summed E-state index contributed by atoms with van der Waals surface area (Å²) in [7, 11) is -1.83. The maximum absolute atomic E-state index is 14.8. The van der Waals surface area contributed by atoms with Crippen molar-refractivity contribution in [3.8, 4) is 5.75 Å². The Labute approximate surface area is 213 Å². The lowest BCUT2D eigenvalue weighted by Gasteiger charge is -2.21. The number of ether oxygens (including phenoxy) is 2. The van der Waals surface area contributed by atoms with Crippen molar-refractivity contribution < 1.29 is 27.7 Å². The maximum atomic E-state index is 14.8. The number of nitrogens with one attached hydrogen (secondary N) is 2. The Balaban J connectivity index is 1.43. The molecule has 1 aliphatic rings. The molecule has 1 aliphatic heterocycles. The summed E-state index contributed by atoms with van der Waals surface area (Å²) in [6.07, 6.45) is -2.39. The van der Waals surface area contributed by atoms with Crippen LogP contribution in [0, 0.1) is 6.92 Å². The van der Waals surface area contributed by atoms with E-state index in [0.29, 0.717) is 5.75 Å². The van der Waals surface area contributed by atoms with Crippen LogP contribution in [0.25, 0.3) is 10.8 Å². The van der Waals surface area contributed by atoms with Crippen molar-refractivity contribution in [3.63, 3.8) is 0 Å². The first-order valence-corrected chi connectivity index (χ1v) is 13.0. The Hall–Kier alpha value is -3.11. The van der Waals surface area contributed by atoms with Gasteiger partial charge in [0.15, 0.2) is 6.23 Å². The molecule has 1 fully saturated rings. The minimum absolute atomic E-state index is 0.0240. The number of benzene rings is 2. The van der Waals surface area contributed by atoms with Crippen LogP contribution >= 0.6 is 8.53 Å². The quantitative estimate of drug-likeness (QED) is 0.300. The summed E-state index contributed by atoms with van der Waals surface area (Å²) in [4.78, 5) is 38.0. The molecule has 1 saturated heterocycles. The molecule has 2 aromatic carbocycles. The molecule has 0 radical (unpaired) electrons. The zero-order valence-corrected chi connectivity index (χ0v) is 21.6. The van der Waals surface area contributed by atoms with Gasteiger partial charge in [-0.25, -0.2) is 14.3 Å². The van der Waals surface area contributed by atoms with E-state index in [1.165, 1.54) is 13.1 Å². The Morgan fingerprint density at radius 2 is 2.00 bits per heavy atom. The molecular weight excluding hydrogens is 504 g/mol. The second-order valence-electron chi connectivity index (χ2n) is 8.91. The highest BCUT2D eigenvalue weighted by atomic mass is 31.2. The van der Waals surface area contributed by atoms with E-state index in [4.69, 9.17) is 18.5 Å². The summed E-state index contributed by atoms with van der Waals surface area (Å²) in [6.45, 7) is 4.81. The summed E-state index contributed by atoms with van der Waals surface area (Å²) in [5.41, 5.74) is -1.02. The minimum Gasteiger partial charge on any atom is -0.462 e. The average Bonchev–Trinajstić information content (AvgIpc) is 3.22. The topological polar surface area (TPSA) is 121 Å². The molecule has 10 nitrogen and oxygen atoms in total. The van der Waals surface area contributed by atoms with Gasteiger partial charge < -0.3 is 18.5 Å². The predicted octanol–water partition coefficient (Wildman–Crippen LogP) is 3.49. The van der Waals surface area contributed by atoms with E-state index in [-0.39, 0.29) is 31.2 Å². The van der Waals surface area contributed by atoms with Crippen molar-refractivity contribution in [2.45, 2.75) is 51.8 Å². The molecule has 3 aromatic rings. The maximum Gasteiger partial charge on any atom is 0.330 e. The summed E-state index contributed by atoms with van der Waals surface area (Å²) in [5, 5.41) is 4.94. The van der Waals surface area contributed by atoms with Crippen LogP contribution < -0.4 is 20.9 Å². The summed E-state index contributed by atoms with van der Waals surface area (Å²) < 4.78 is 38.6. The van der Waals surface area contributed by atoms with Gasteiger partial charge in [-0.1, -0.05) is 30.3 Å². The van der Waals surface area contributed by atoms with Crippen molar-refractivity contribution in [1.82, 2.24) is 14.6 Å². The van der Waals surface area contributed by atoms with Gasteiger partial charge in [-0.3, -0.25) is 19.1 Å². The smallest absolute Gasteiger partial charge is 0.330 e. The predicted molar refractivity (Wildman–Crippen MR) is 136 cm³/mol. The lowest BCUT2D eigenvalue weighted by Crippen LogP contribution is -2.35. The third-order valence-electron chi connectivity index (χ3n) is 5.56. The number of halogens is 1. The fourth-order valence-electron chi connectivity index (χ4n) is 3.84. The molecule has 1 aromatic heterocycles. The van der Waals surface area contributed by atoms with E-state index in [1.54, 1.807) is 19.9 Å². The standard InChI is InChI=1S/C25H29FN3O7P/c1-15(2)34-22(30)12-27-37(36-19-9-8-17-6-4-5-7-18(17)10-19)33-14-20-11-21(26)24(35-20)29-13-16(3)23(31)28-25(29)32/h4-10,13,15,20-21,24,27H,11-12,14H2,1-3H3,(H,28,31,32). The van der Waals surface area contributed by atoms with Gasteiger partial charge in [0.1, 0.15) is 18.5 Å². The van der Waals surface area contributed by atoms with Crippen molar-refractivity contribution >= 4 is 25.3 Å². The van der Waals surface area contributed by atoms with Gasteiger partial charge in [0, 0.05) is 18.2 Å². The number of fused-ring (bicyclic) bond motifs is 1. The van der Waals surface area contributed by atoms with Crippen molar-refractivity contribution in [3.05, 3.63) is 75.1 Å². The molecule has 4 atom stereocenters. The van der Waals surface area contributed by atoms with Gasteiger partial charge >= 0.3 is 20.2 Å². The molecule has 2 N–H and O–H groups in total. The number of aromatic amines is 1. The molecule has 4 rings (SSSR count). The summed E-state index contributed by atoms with van der Waals surface area (Å²) in [6, 6.07) is 13.3. The second-order valence-corrected chi connectivity index (χ2v) is 10.2. The Kier molecular flexibility index (Phi) is 8.71. The van der Waals surface area contributed by atoms with Gasteiger partial charge in [0.25, 0.3) is 5.56 Å². The SMILES string of the molecule is Cc1cn(C2OC(COP(NCC(=O)OC(C)C)Oc3ccc4ccccc4c3)CC2F)c(=O)[nH]c1=O. The largest absolute Gasteiger partial charge is 0.462 e. The third-order valence-corrected chi connectivity index (χ3v) is 6.73. The number of alkyl halides is 1. The van der Waals surface area contributed by atoms with Crippen LogP contribution in [0.3, 0.4) is 0 Å². The molecule has 0 saturated carbocycles. The van der Waals surface area contributed by atoms with Gasteiger partial charge in [-0.15, -0.1) is 0 Å². The van der Waals surface area contributed by atoms with Crippen LogP contribution in [0.1, 0.15) is 32.1 Å². The number of aryl methyl sites for hydroxylation is 1. The molecule has 0 spiro atoms. The van der Waals surface area contributed by atoms with Crippen LogP contribution in [0.15, 0.2) is 58.3 Å². The highest BCUT2D eigenvalue weighted by molar-refractivity contribution is 7.45. The first kappa shape index (κ1) is 26.9. The van der Waals surface area contributed by atoms with E-state index in [0.717, 1.165) is 15.3 Å². The Bertz CT molecular complexity index is 1360. The Morgan fingerprint density at radius 1 is 1.24 bits per heavy atom. The van der Waals surface area contributed by atoms with Crippen molar-refractivity contribution in [2.24, 2.45) is 0 Å². The number of H-pyrrole nitrogens is 1. The zero-order chi connectivity index (χ0) is 26.5. The lowest BCUT2D eigenvalue weighted by atomic mass is 10.1. The normalized spacial score (nSPS) is 20.3.